The summed E-state index contributed by atoms with van der Waals surface area (Å²) in [6.45, 7) is 3.14. The van der Waals surface area contributed by atoms with E-state index in [1.54, 1.807) is 6.92 Å². The van der Waals surface area contributed by atoms with Crippen molar-refractivity contribution in [2.75, 3.05) is 25.9 Å². The second kappa shape index (κ2) is 2.51. The SMILES string of the molecule is CCS(=O)(=O)C1CN(C)C1. The molecule has 0 saturated carbocycles. The predicted molar refractivity (Wildman–Crippen MR) is 40.7 cm³/mol. The summed E-state index contributed by atoms with van der Waals surface area (Å²) in [6.07, 6.45) is 0. The third-order valence-corrected chi connectivity index (χ3v) is 4.06. The van der Waals surface area contributed by atoms with E-state index in [1.807, 2.05) is 11.9 Å². The van der Waals surface area contributed by atoms with Gasteiger partial charge in [-0.15, -0.1) is 0 Å². The molecule has 0 atom stereocenters. The zero-order valence-corrected chi connectivity index (χ0v) is 7.19. The number of sulfone groups is 1. The molecular weight excluding hydrogens is 150 g/mol. The number of likely N-dealkylation sites (tertiary alicyclic amines) is 1. The molecule has 0 unspecified atom stereocenters. The first-order valence-corrected chi connectivity index (χ1v) is 5.18. The molecule has 1 heterocycles. The standard InChI is InChI=1S/C6H13NO2S/c1-3-10(8,9)6-4-7(2)5-6/h6H,3-5H2,1-2H3. The molecule has 3 nitrogen and oxygen atoms in total. The first-order valence-electron chi connectivity index (χ1n) is 3.46. The molecule has 0 aromatic heterocycles. The average molecular weight is 163 g/mol. The predicted octanol–water partition coefficient (Wildman–Crippen LogP) is -0.265. The average Bonchev–Trinajstić information content (AvgIpc) is 1.81. The van der Waals surface area contributed by atoms with Crippen LogP contribution in [0.15, 0.2) is 0 Å². The van der Waals surface area contributed by atoms with Gasteiger partial charge in [-0.2, -0.15) is 0 Å². The molecule has 1 rings (SSSR count). The monoisotopic (exact) mass is 163 g/mol. The van der Waals surface area contributed by atoms with Gasteiger partial charge in [0.1, 0.15) is 0 Å². The van der Waals surface area contributed by atoms with Gasteiger partial charge in [0.05, 0.1) is 5.25 Å². The number of hydrogen-bond acceptors (Lipinski definition) is 3. The summed E-state index contributed by atoms with van der Waals surface area (Å²) in [4.78, 5) is 2.01. The number of rotatable bonds is 2. The lowest BCUT2D eigenvalue weighted by atomic mass is 10.2. The quantitative estimate of drug-likeness (QED) is 0.562. The lowest BCUT2D eigenvalue weighted by molar-refractivity contribution is 0.232. The van der Waals surface area contributed by atoms with Crippen molar-refractivity contribution in [2.24, 2.45) is 0 Å². The minimum atomic E-state index is -2.74. The van der Waals surface area contributed by atoms with Crippen molar-refractivity contribution < 1.29 is 8.42 Å². The third kappa shape index (κ3) is 1.32. The van der Waals surface area contributed by atoms with Crippen LogP contribution in [0.2, 0.25) is 0 Å². The number of hydrogen-bond donors (Lipinski definition) is 0. The molecule has 0 aromatic rings. The molecule has 0 bridgehead atoms. The van der Waals surface area contributed by atoms with E-state index in [2.05, 4.69) is 0 Å². The minimum absolute atomic E-state index is 0.0810. The van der Waals surface area contributed by atoms with Gasteiger partial charge in [-0.1, -0.05) is 6.92 Å². The van der Waals surface area contributed by atoms with Crippen molar-refractivity contribution in [3.63, 3.8) is 0 Å². The Labute approximate surface area is 61.9 Å². The summed E-state index contributed by atoms with van der Waals surface area (Å²) in [6, 6.07) is 0. The Kier molecular flexibility index (Phi) is 2.01. The largest absolute Gasteiger partial charge is 0.304 e. The van der Waals surface area contributed by atoms with Crippen LogP contribution in [0, 0.1) is 0 Å². The van der Waals surface area contributed by atoms with Crippen LogP contribution in [-0.4, -0.2) is 44.5 Å². The molecule has 0 radical (unpaired) electrons. The van der Waals surface area contributed by atoms with Gasteiger partial charge in [0, 0.05) is 18.8 Å². The topological polar surface area (TPSA) is 37.4 Å². The highest BCUT2D eigenvalue weighted by molar-refractivity contribution is 7.92. The molecular formula is C6H13NO2S. The van der Waals surface area contributed by atoms with E-state index in [4.69, 9.17) is 0 Å². The smallest absolute Gasteiger partial charge is 0.155 e. The second-order valence-corrected chi connectivity index (χ2v) is 5.36. The van der Waals surface area contributed by atoms with E-state index in [0.29, 0.717) is 0 Å². The molecule has 0 spiro atoms. The van der Waals surface area contributed by atoms with E-state index >= 15 is 0 Å². The third-order valence-electron chi connectivity index (χ3n) is 1.94. The van der Waals surface area contributed by atoms with E-state index in [9.17, 15) is 8.42 Å². The molecule has 0 amide bonds. The number of nitrogens with zero attached hydrogens (tertiary/aromatic N) is 1. The van der Waals surface area contributed by atoms with Gasteiger partial charge < -0.3 is 4.90 Å². The fraction of sp³-hybridized carbons (Fsp3) is 1.00. The van der Waals surface area contributed by atoms with E-state index in [0.717, 1.165) is 13.1 Å². The summed E-state index contributed by atoms with van der Waals surface area (Å²) in [5.74, 6) is 0.283. The first kappa shape index (κ1) is 8.01. The van der Waals surface area contributed by atoms with Crippen molar-refractivity contribution in [3.05, 3.63) is 0 Å². The molecule has 0 aromatic carbocycles. The lowest BCUT2D eigenvalue weighted by Crippen LogP contribution is -2.52. The minimum Gasteiger partial charge on any atom is -0.304 e. The summed E-state index contributed by atoms with van der Waals surface area (Å²) >= 11 is 0. The molecule has 1 fully saturated rings. The molecule has 1 saturated heterocycles. The van der Waals surface area contributed by atoms with Gasteiger partial charge in [0.25, 0.3) is 0 Å². The zero-order valence-electron chi connectivity index (χ0n) is 6.37. The molecule has 4 heteroatoms. The highest BCUT2D eigenvalue weighted by Crippen LogP contribution is 2.13. The second-order valence-electron chi connectivity index (χ2n) is 2.79. The normalized spacial score (nSPS) is 22.6. The maximum absolute atomic E-state index is 11.1. The first-order chi connectivity index (χ1) is 4.56. The Morgan fingerprint density at radius 2 is 2.00 bits per heavy atom. The van der Waals surface area contributed by atoms with Crippen molar-refractivity contribution in [3.8, 4) is 0 Å². The van der Waals surface area contributed by atoms with Crippen LogP contribution < -0.4 is 0 Å². The fourth-order valence-corrected chi connectivity index (χ4v) is 2.54. The van der Waals surface area contributed by atoms with Crippen LogP contribution >= 0.6 is 0 Å². The van der Waals surface area contributed by atoms with Crippen LogP contribution in [0.5, 0.6) is 0 Å². The Hall–Kier alpha value is -0.0900. The summed E-state index contributed by atoms with van der Waals surface area (Å²) in [5.41, 5.74) is 0. The van der Waals surface area contributed by atoms with Crippen molar-refractivity contribution >= 4 is 9.84 Å². The van der Waals surface area contributed by atoms with E-state index in [1.165, 1.54) is 0 Å². The van der Waals surface area contributed by atoms with Crippen LogP contribution in [0.25, 0.3) is 0 Å². The van der Waals surface area contributed by atoms with E-state index in [-0.39, 0.29) is 11.0 Å². The van der Waals surface area contributed by atoms with E-state index < -0.39 is 9.84 Å². The summed E-state index contributed by atoms with van der Waals surface area (Å²) in [7, 11) is -0.804. The maximum Gasteiger partial charge on any atom is 0.155 e. The van der Waals surface area contributed by atoms with Gasteiger partial charge >= 0.3 is 0 Å². The van der Waals surface area contributed by atoms with Crippen molar-refractivity contribution in [1.29, 1.82) is 0 Å². The van der Waals surface area contributed by atoms with Crippen LogP contribution in [0.4, 0.5) is 0 Å². The van der Waals surface area contributed by atoms with Gasteiger partial charge in [-0.05, 0) is 7.05 Å². The van der Waals surface area contributed by atoms with Gasteiger partial charge in [-0.3, -0.25) is 0 Å². The lowest BCUT2D eigenvalue weighted by Gasteiger charge is -2.35. The summed E-state index contributed by atoms with van der Waals surface area (Å²) < 4.78 is 22.2. The van der Waals surface area contributed by atoms with Crippen molar-refractivity contribution in [1.82, 2.24) is 4.90 Å². The van der Waals surface area contributed by atoms with Gasteiger partial charge in [-0.25, -0.2) is 8.42 Å². The Balaban J connectivity index is 2.53. The zero-order chi connectivity index (χ0) is 7.78. The molecule has 0 aliphatic carbocycles. The van der Waals surface area contributed by atoms with Gasteiger partial charge in [0.15, 0.2) is 9.84 Å². The molecule has 0 N–H and O–H groups in total. The van der Waals surface area contributed by atoms with Crippen molar-refractivity contribution in [2.45, 2.75) is 12.2 Å². The Morgan fingerprint density at radius 3 is 2.30 bits per heavy atom. The Morgan fingerprint density at radius 1 is 1.50 bits per heavy atom. The Bertz CT molecular complexity index is 204. The molecule has 60 valence electrons. The van der Waals surface area contributed by atoms with Gasteiger partial charge in [0.2, 0.25) is 0 Å². The molecule has 1 aliphatic heterocycles. The highest BCUT2D eigenvalue weighted by atomic mass is 32.2. The van der Waals surface area contributed by atoms with Crippen LogP contribution in [-0.2, 0) is 9.84 Å². The molecule has 1 aliphatic rings. The van der Waals surface area contributed by atoms with Crippen LogP contribution in [0.1, 0.15) is 6.92 Å². The summed E-state index contributed by atoms with van der Waals surface area (Å²) in [5, 5.41) is -0.0810. The fourth-order valence-electron chi connectivity index (χ4n) is 1.10. The molecule has 10 heavy (non-hydrogen) atoms. The maximum atomic E-state index is 11.1. The highest BCUT2D eigenvalue weighted by Gasteiger charge is 2.33. The van der Waals surface area contributed by atoms with Crippen LogP contribution in [0.3, 0.4) is 0 Å².